The minimum atomic E-state index is -0.473. The number of rotatable bonds is 0. The Labute approximate surface area is 145 Å². The maximum absolute atomic E-state index is 6.58. The van der Waals surface area contributed by atoms with Crippen molar-refractivity contribution < 1.29 is 4.74 Å². The summed E-state index contributed by atoms with van der Waals surface area (Å²) in [5.41, 5.74) is 4.39. The summed E-state index contributed by atoms with van der Waals surface area (Å²) < 4.78 is 6.58. The maximum Gasteiger partial charge on any atom is 0.211 e. The van der Waals surface area contributed by atoms with Gasteiger partial charge in [0.25, 0.3) is 0 Å². The molecule has 0 aliphatic carbocycles. The van der Waals surface area contributed by atoms with E-state index in [1.54, 1.807) is 0 Å². The van der Waals surface area contributed by atoms with Crippen LogP contribution < -0.4 is 9.64 Å². The molecule has 0 saturated carbocycles. The molecule has 0 aromatic heterocycles. The van der Waals surface area contributed by atoms with Crippen molar-refractivity contribution in [3.05, 3.63) is 65.2 Å². The van der Waals surface area contributed by atoms with E-state index < -0.39 is 5.72 Å². The number of benzene rings is 2. The molecule has 2 aromatic rings. The number of ether oxygens (including phenoxy) is 1. The van der Waals surface area contributed by atoms with Crippen LogP contribution in [0.5, 0.6) is 5.75 Å². The maximum atomic E-state index is 6.58. The summed E-state index contributed by atoms with van der Waals surface area (Å²) >= 11 is 0. The standard InChI is InChI=1S/C20H21NO.C2H6/c1-14-9-10-18-15(13-14)11-12-20(22-18)19(2,3)16-7-5-6-8-17(16)21(20)4;1-2/h5-13H,1-4H3;1-2H3. The van der Waals surface area contributed by atoms with Crippen molar-refractivity contribution >= 4 is 11.8 Å². The molecule has 0 saturated heterocycles. The van der Waals surface area contributed by atoms with Crippen LogP contribution in [0.4, 0.5) is 5.69 Å². The summed E-state index contributed by atoms with van der Waals surface area (Å²) in [5.74, 6) is 0.959. The van der Waals surface area contributed by atoms with Gasteiger partial charge >= 0.3 is 0 Å². The molecule has 4 rings (SSSR count). The van der Waals surface area contributed by atoms with Crippen LogP contribution in [-0.4, -0.2) is 12.8 Å². The highest BCUT2D eigenvalue weighted by atomic mass is 16.5. The molecular formula is C22H27NO. The van der Waals surface area contributed by atoms with E-state index in [2.05, 4.69) is 87.3 Å². The van der Waals surface area contributed by atoms with Crippen molar-refractivity contribution in [2.45, 2.75) is 45.8 Å². The number of anilines is 1. The number of nitrogens with zero attached hydrogens (tertiary/aromatic N) is 1. The van der Waals surface area contributed by atoms with Gasteiger partial charge in [-0.15, -0.1) is 0 Å². The zero-order valence-electron chi connectivity index (χ0n) is 15.6. The van der Waals surface area contributed by atoms with Crippen molar-refractivity contribution in [3.8, 4) is 5.75 Å². The molecule has 2 aromatic carbocycles. The second kappa shape index (κ2) is 5.70. The first-order valence-corrected chi connectivity index (χ1v) is 8.78. The Morgan fingerprint density at radius 3 is 2.42 bits per heavy atom. The molecule has 1 spiro atoms. The predicted octanol–water partition coefficient (Wildman–Crippen LogP) is 5.55. The lowest BCUT2D eigenvalue weighted by molar-refractivity contribution is 0.0581. The van der Waals surface area contributed by atoms with Gasteiger partial charge in [0.15, 0.2) is 0 Å². The van der Waals surface area contributed by atoms with Crippen LogP contribution in [0.15, 0.2) is 48.5 Å². The van der Waals surface area contributed by atoms with Crippen LogP contribution in [0.3, 0.4) is 0 Å². The molecule has 2 nitrogen and oxygen atoms in total. The van der Waals surface area contributed by atoms with Gasteiger partial charge in [0, 0.05) is 18.3 Å². The molecule has 1 unspecified atom stereocenters. The monoisotopic (exact) mass is 321 g/mol. The van der Waals surface area contributed by atoms with Gasteiger partial charge in [0.2, 0.25) is 5.72 Å². The summed E-state index contributed by atoms with van der Waals surface area (Å²) in [6.07, 6.45) is 4.42. The van der Waals surface area contributed by atoms with E-state index in [9.17, 15) is 0 Å². The van der Waals surface area contributed by atoms with Crippen LogP contribution in [-0.2, 0) is 5.41 Å². The van der Waals surface area contributed by atoms with Crippen molar-refractivity contribution in [2.75, 3.05) is 11.9 Å². The third-order valence-corrected chi connectivity index (χ3v) is 5.25. The first-order chi connectivity index (χ1) is 11.5. The lowest BCUT2D eigenvalue weighted by Gasteiger charge is -2.45. The SMILES string of the molecule is CC.Cc1ccc2c(c1)C=CC1(O2)N(C)c2ccccc2C1(C)C. The van der Waals surface area contributed by atoms with Crippen LogP contribution in [0.1, 0.15) is 44.4 Å². The highest BCUT2D eigenvalue weighted by Crippen LogP contribution is 2.54. The van der Waals surface area contributed by atoms with Gasteiger partial charge in [-0.05, 0) is 56.7 Å². The quantitative estimate of drug-likeness (QED) is 0.630. The zero-order chi connectivity index (χ0) is 17.5. The number of aryl methyl sites for hydroxylation is 1. The number of likely N-dealkylation sites (N-methyl/N-ethyl adjacent to an activating group) is 1. The fraction of sp³-hybridized carbons (Fsp3) is 0.364. The Kier molecular flexibility index (Phi) is 3.95. The van der Waals surface area contributed by atoms with E-state index in [1.165, 1.54) is 16.8 Å². The number of hydrogen-bond donors (Lipinski definition) is 0. The van der Waals surface area contributed by atoms with Crippen molar-refractivity contribution in [1.82, 2.24) is 0 Å². The van der Waals surface area contributed by atoms with Gasteiger partial charge < -0.3 is 9.64 Å². The lowest BCUT2D eigenvalue weighted by Crippen LogP contribution is -2.58. The van der Waals surface area contributed by atoms with Crippen LogP contribution in [0, 0.1) is 6.92 Å². The predicted molar refractivity (Wildman–Crippen MR) is 103 cm³/mol. The van der Waals surface area contributed by atoms with Gasteiger partial charge in [0.05, 0.1) is 5.41 Å². The third kappa shape index (κ3) is 2.09. The molecular weight excluding hydrogens is 294 g/mol. The van der Waals surface area contributed by atoms with Gasteiger partial charge in [-0.1, -0.05) is 43.7 Å². The van der Waals surface area contributed by atoms with Crippen molar-refractivity contribution in [1.29, 1.82) is 0 Å². The van der Waals surface area contributed by atoms with Crippen LogP contribution >= 0.6 is 0 Å². The average molecular weight is 321 g/mol. The normalized spacial score (nSPS) is 22.3. The molecule has 2 aliphatic rings. The molecule has 24 heavy (non-hydrogen) atoms. The zero-order valence-corrected chi connectivity index (χ0v) is 15.6. The number of hydrogen-bond acceptors (Lipinski definition) is 2. The molecule has 1 atom stereocenters. The third-order valence-electron chi connectivity index (χ3n) is 5.25. The van der Waals surface area contributed by atoms with E-state index in [4.69, 9.17) is 4.74 Å². The van der Waals surface area contributed by atoms with Crippen LogP contribution in [0.2, 0.25) is 0 Å². The summed E-state index contributed by atoms with van der Waals surface area (Å²) in [7, 11) is 2.12. The van der Waals surface area contributed by atoms with Crippen molar-refractivity contribution in [3.63, 3.8) is 0 Å². The Hall–Kier alpha value is -2.22. The average Bonchev–Trinajstić information content (AvgIpc) is 2.76. The van der Waals surface area contributed by atoms with E-state index >= 15 is 0 Å². The summed E-state index contributed by atoms with van der Waals surface area (Å²) in [4.78, 5) is 2.27. The minimum absolute atomic E-state index is 0.128. The fourth-order valence-corrected chi connectivity index (χ4v) is 3.90. The topological polar surface area (TPSA) is 12.5 Å². The summed E-state index contributed by atoms with van der Waals surface area (Å²) in [6.45, 7) is 10.6. The lowest BCUT2D eigenvalue weighted by atomic mass is 9.76. The molecule has 0 bridgehead atoms. The second-order valence-corrected chi connectivity index (χ2v) is 6.87. The summed E-state index contributed by atoms with van der Waals surface area (Å²) in [6, 6.07) is 15.0. The van der Waals surface area contributed by atoms with E-state index in [0.717, 1.165) is 11.3 Å². The molecule has 126 valence electrons. The Balaban J connectivity index is 0.000000815. The Morgan fingerprint density at radius 1 is 1.00 bits per heavy atom. The largest absolute Gasteiger partial charge is 0.463 e. The van der Waals surface area contributed by atoms with Crippen molar-refractivity contribution in [2.24, 2.45) is 0 Å². The molecule has 0 N–H and O–H groups in total. The molecule has 2 heteroatoms. The van der Waals surface area contributed by atoms with Gasteiger partial charge in [0.1, 0.15) is 5.75 Å². The number of fused-ring (bicyclic) bond motifs is 2. The highest BCUT2D eigenvalue weighted by Gasteiger charge is 2.57. The molecule has 0 amide bonds. The molecule has 0 radical (unpaired) electrons. The van der Waals surface area contributed by atoms with Gasteiger partial charge in [-0.25, -0.2) is 0 Å². The smallest absolute Gasteiger partial charge is 0.211 e. The highest BCUT2D eigenvalue weighted by molar-refractivity contribution is 5.72. The molecule has 2 aliphatic heterocycles. The second-order valence-electron chi connectivity index (χ2n) is 6.87. The molecule has 2 heterocycles. The van der Waals surface area contributed by atoms with Crippen LogP contribution in [0.25, 0.3) is 6.08 Å². The summed E-state index contributed by atoms with van der Waals surface area (Å²) in [5, 5.41) is 0. The first kappa shape index (κ1) is 16.6. The Bertz CT molecular complexity index is 790. The fourth-order valence-electron chi connectivity index (χ4n) is 3.90. The van der Waals surface area contributed by atoms with E-state index in [1.807, 2.05) is 13.8 Å². The van der Waals surface area contributed by atoms with E-state index in [-0.39, 0.29) is 5.41 Å². The van der Waals surface area contributed by atoms with Gasteiger partial charge in [-0.3, -0.25) is 0 Å². The minimum Gasteiger partial charge on any atom is -0.463 e. The van der Waals surface area contributed by atoms with E-state index in [0.29, 0.717) is 0 Å². The Morgan fingerprint density at radius 2 is 1.71 bits per heavy atom. The first-order valence-electron chi connectivity index (χ1n) is 8.78. The molecule has 0 fully saturated rings. The van der Waals surface area contributed by atoms with Gasteiger partial charge in [-0.2, -0.15) is 0 Å². The number of para-hydroxylation sites is 1.